The second-order valence-electron chi connectivity index (χ2n) is 6.05. The summed E-state index contributed by atoms with van der Waals surface area (Å²) in [6.07, 6.45) is 0.178. The second-order valence-corrected chi connectivity index (χ2v) is 6.05. The standard InChI is InChI=1S/C15H19FN2O2/c1-15(2,3)18-9-10(8-13(18)19)14(20)17-12-7-5-4-6-11(12)16/h4-7,10H,8-9H2,1-3H3,(H,17,20). The van der Waals surface area contributed by atoms with Crippen molar-refractivity contribution < 1.29 is 14.0 Å². The van der Waals surface area contributed by atoms with Crippen molar-refractivity contribution in [2.45, 2.75) is 32.7 Å². The lowest BCUT2D eigenvalue weighted by Gasteiger charge is -2.31. The number of carbonyl (C=O) groups is 2. The topological polar surface area (TPSA) is 49.4 Å². The molecule has 0 radical (unpaired) electrons. The van der Waals surface area contributed by atoms with Gasteiger partial charge in [0.15, 0.2) is 0 Å². The van der Waals surface area contributed by atoms with Crippen LogP contribution in [0.2, 0.25) is 0 Å². The first-order chi connectivity index (χ1) is 9.29. The largest absolute Gasteiger partial charge is 0.337 e. The number of halogens is 1. The first-order valence-corrected chi connectivity index (χ1v) is 6.65. The van der Waals surface area contributed by atoms with Gasteiger partial charge in [0.25, 0.3) is 0 Å². The number of anilines is 1. The molecule has 5 heteroatoms. The average molecular weight is 278 g/mol. The van der Waals surface area contributed by atoms with Crippen molar-refractivity contribution in [2.75, 3.05) is 11.9 Å². The number of likely N-dealkylation sites (tertiary alicyclic amines) is 1. The number of benzene rings is 1. The van der Waals surface area contributed by atoms with E-state index in [2.05, 4.69) is 5.32 Å². The van der Waals surface area contributed by atoms with Crippen LogP contribution in [0.5, 0.6) is 0 Å². The van der Waals surface area contributed by atoms with E-state index in [9.17, 15) is 14.0 Å². The molecule has 1 saturated heterocycles. The van der Waals surface area contributed by atoms with Crippen LogP contribution >= 0.6 is 0 Å². The molecule has 1 aromatic carbocycles. The fraction of sp³-hybridized carbons (Fsp3) is 0.467. The van der Waals surface area contributed by atoms with E-state index in [0.29, 0.717) is 6.54 Å². The maximum atomic E-state index is 13.5. The molecule has 108 valence electrons. The molecule has 4 nitrogen and oxygen atoms in total. The van der Waals surface area contributed by atoms with E-state index in [1.807, 2.05) is 20.8 Å². The van der Waals surface area contributed by atoms with Crippen molar-refractivity contribution in [2.24, 2.45) is 5.92 Å². The summed E-state index contributed by atoms with van der Waals surface area (Å²) < 4.78 is 13.5. The number of nitrogens with one attached hydrogen (secondary N) is 1. The molecular weight excluding hydrogens is 259 g/mol. The van der Waals surface area contributed by atoms with Gasteiger partial charge in [0.1, 0.15) is 5.82 Å². The minimum Gasteiger partial charge on any atom is -0.337 e. The Bertz CT molecular complexity index is 537. The van der Waals surface area contributed by atoms with E-state index in [1.165, 1.54) is 12.1 Å². The molecular formula is C15H19FN2O2. The van der Waals surface area contributed by atoms with Gasteiger partial charge < -0.3 is 10.2 Å². The molecule has 1 atom stereocenters. The Morgan fingerprint density at radius 2 is 2.00 bits per heavy atom. The summed E-state index contributed by atoms with van der Waals surface area (Å²) >= 11 is 0. The first-order valence-electron chi connectivity index (χ1n) is 6.65. The van der Waals surface area contributed by atoms with Crippen LogP contribution in [-0.4, -0.2) is 28.8 Å². The van der Waals surface area contributed by atoms with Crippen LogP contribution in [0.1, 0.15) is 27.2 Å². The average Bonchev–Trinajstić information content (AvgIpc) is 2.74. The third-order valence-corrected chi connectivity index (χ3v) is 3.44. The Kier molecular flexibility index (Phi) is 3.79. The predicted octanol–water partition coefficient (Wildman–Crippen LogP) is 2.41. The molecule has 1 aliphatic heterocycles. The van der Waals surface area contributed by atoms with Gasteiger partial charge in [-0.3, -0.25) is 9.59 Å². The van der Waals surface area contributed by atoms with Gasteiger partial charge in [0, 0.05) is 18.5 Å². The summed E-state index contributed by atoms with van der Waals surface area (Å²) in [5.74, 6) is -1.25. The van der Waals surface area contributed by atoms with Gasteiger partial charge in [0.05, 0.1) is 11.6 Å². The Morgan fingerprint density at radius 3 is 2.55 bits per heavy atom. The highest BCUT2D eigenvalue weighted by Crippen LogP contribution is 2.27. The van der Waals surface area contributed by atoms with Crippen LogP contribution in [0.15, 0.2) is 24.3 Å². The highest BCUT2D eigenvalue weighted by Gasteiger charge is 2.39. The van der Waals surface area contributed by atoms with Crippen molar-refractivity contribution in [3.05, 3.63) is 30.1 Å². The van der Waals surface area contributed by atoms with Crippen LogP contribution in [0.3, 0.4) is 0 Å². The zero-order chi connectivity index (χ0) is 14.9. The van der Waals surface area contributed by atoms with Gasteiger partial charge in [-0.1, -0.05) is 12.1 Å². The summed E-state index contributed by atoms with van der Waals surface area (Å²) in [6, 6.07) is 6.01. The Balaban J connectivity index is 2.05. The molecule has 0 aromatic heterocycles. The van der Waals surface area contributed by atoms with Crippen molar-refractivity contribution >= 4 is 17.5 Å². The normalized spacial score (nSPS) is 19.3. The zero-order valence-corrected chi connectivity index (χ0v) is 11.9. The molecule has 0 aliphatic carbocycles. The van der Waals surface area contributed by atoms with Gasteiger partial charge in [-0.05, 0) is 32.9 Å². The minimum atomic E-state index is -0.474. The predicted molar refractivity (Wildman–Crippen MR) is 74.6 cm³/mol. The first kappa shape index (κ1) is 14.5. The highest BCUT2D eigenvalue weighted by atomic mass is 19.1. The number of amides is 2. The fourth-order valence-electron chi connectivity index (χ4n) is 2.33. The second kappa shape index (κ2) is 5.23. The van der Waals surface area contributed by atoms with E-state index in [-0.39, 0.29) is 29.5 Å². The Morgan fingerprint density at radius 1 is 1.35 bits per heavy atom. The van der Waals surface area contributed by atoms with Crippen molar-refractivity contribution in [3.8, 4) is 0 Å². The van der Waals surface area contributed by atoms with Crippen molar-refractivity contribution in [3.63, 3.8) is 0 Å². The van der Waals surface area contributed by atoms with E-state index in [4.69, 9.17) is 0 Å². The van der Waals surface area contributed by atoms with Crippen LogP contribution in [0.25, 0.3) is 0 Å². The molecule has 1 heterocycles. The maximum Gasteiger partial charge on any atom is 0.229 e. The van der Waals surface area contributed by atoms with Gasteiger partial charge in [-0.15, -0.1) is 0 Å². The van der Waals surface area contributed by atoms with Gasteiger partial charge in [-0.25, -0.2) is 4.39 Å². The maximum absolute atomic E-state index is 13.5. The third kappa shape index (κ3) is 2.98. The Labute approximate surface area is 118 Å². The fourth-order valence-corrected chi connectivity index (χ4v) is 2.33. The molecule has 2 rings (SSSR count). The Hall–Kier alpha value is -1.91. The molecule has 20 heavy (non-hydrogen) atoms. The smallest absolute Gasteiger partial charge is 0.229 e. The molecule has 0 saturated carbocycles. The molecule has 1 aromatic rings. The molecule has 0 bridgehead atoms. The SMILES string of the molecule is CC(C)(C)N1CC(C(=O)Nc2ccccc2F)CC1=O. The quantitative estimate of drug-likeness (QED) is 0.903. The lowest BCUT2D eigenvalue weighted by molar-refractivity contribution is -0.131. The number of para-hydroxylation sites is 1. The monoisotopic (exact) mass is 278 g/mol. The highest BCUT2D eigenvalue weighted by molar-refractivity contribution is 5.97. The number of rotatable bonds is 2. The van der Waals surface area contributed by atoms with E-state index >= 15 is 0 Å². The molecule has 0 spiro atoms. The van der Waals surface area contributed by atoms with E-state index in [0.717, 1.165) is 0 Å². The molecule has 1 fully saturated rings. The number of hydrogen-bond donors (Lipinski definition) is 1. The zero-order valence-electron chi connectivity index (χ0n) is 11.9. The number of hydrogen-bond acceptors (Lipinski definition) is 2. The summed E-state index contributed by atoms with van der Waals surface area (Å²) in [5, 5.41) is 2.55. The summed E-state index contributed by atoms with van der Waals surface area (Å²) in [4.78, 5) is 25.7. The van der Waals surface area contributed by atoms with Gasteiger partial charge in [-0.2, -0.15) is 0 Å². The van der Waals surface area contributed by atoms with Crippen LogP contribution in [-0.2, 0) is 9.59 Å². The van der Waals surface area contributed by atoms with E-state index in [1.54, 1.807) is 17.0 Å². The van der Waals surface area contributed by atoms with E-state index < -0.39 is 11.7 Å². The van der Waals surface area contributed by atoms with Crippen molar-refractivity contribution in [1.82, 2.24) is 4.90 Å². The van der Waals surface area contributed by atoms with Crippen LogP contribution < -0.4 is 5.32 Å². The van der Waals surface area contributed by atoms with Crippen molar-refractivity contribution in [1.29, 1.82) is 0 Å². The van der Waals surface area contributed by atoms with Gasteiger partial charge in [0.2, 0.25) is 11.8 Å². The third-order valence-electron chi connectivity index (χ3n) is 3.44. The lowest BCUT2D eigenvalue weighted by atomic mass is 10.1. The number of carbonyl (C=O) groups excluding carboxylic acids is 2. The summed E-state index contributed by atoms with van der Waals surface area (Å²) in [6.45, 7) is 6.18. The number of nitrogens with zero attached hydrogens (tertiary/aromatic N) is 1. The molecule has 2 amide bonds. The summed E-state index contributed by atoms with van der Waals surface area (Å²) in [7, 11) is 0. The lowest BCUT2D eigenvalue weighted by Crippen LogP contribution is -2.42. The van der Waals surface area contributed by atoms with Crippen LogP contribution in [0, 0.1) is 11.7 Å². The van der Waals surface area contributed by atoms with Gasteiger partial charge >= 0.3 is 0 Å². The summed E-state index contributed by atoms with van der Waals surface area (Å²) in [5.41, 5.74) is -0.149. The molecule has 1 aliphatic rings. The molecule has 1 unspecified atom stereocenters. The minimum absolute atomic E-state index is 0.0359. The molecule has 1 N–H and O–H groups in total. The van der Waals surface area contributed by atoms with Crippen LogP contribution in [0.4, 0.5) is 10.1 Å².